The number of aryl methyl sites for hydroxylation is 1. The number of anilines is 2. The van der Waals surface area contributed by atoms with Crippen molar-refractivity contribution >= 4 is 29.0 Å². The first-order valence-electron chi connectivity index (χ1n) is 6.17. The van der Waals surface area contributed by atoms with E-state index in [9.17, 15) is 9.18 Å². The van der Waals surface area contributed by atoms with Crippen LogP contribution in [0.15, 0.2) is 36.4 Å². The van der Waals surface area contributed by atoms with Crippen LogP contribution in [0.5, 0.6) is 5.75 Å². The largest absolute Gasteiger partial charge is 0.494 e. The molecule has 0 aromatic heterocycles. The predicted octanol–water partition coefficient (Wildman–Crippen LogP) is 4.44. The number of carbonyl (C=O) groups excluding carboxylic acids is 1. The molecule has 21 heavy (non-hydrogen) atoms. The number of urea groups is 1. The van der Waals surface area contributed by atoms with Crippen LogP contribution in [-0.2, 0) is 0 Å². The van der Waals surface area contributed by atoms with Crippen molar-refractivity contribution in [1.82, 2.24) is 0 Å². The van der Waals surface area contributed by atoms with E-state index < -0.39 is 11.8 Å². The lowest BCUT2D eigenvalue weighted by Gasteiger charge is -2.09. The van der Waals surface area contributed by atoms with Crippen LogP contribution >= 0.6 is 11.6 Å². The summed E-state index contributed by atoms with van der Waals surface area (Å²) in [5, 5.41) is 5.70. The first-order valence-corrected chi connectivity index (χ1v) is 6.55. The number of nitrogens with one attached hydrogen (secondary N) is 2. The van der Waals surface area contributed by atoms with Gasteiger partial charge in [-0.2, -0.15) is 0 Å². The Morgan fingerprint density at radius 2 is 1.76 bits per heavy atom. The van der Waals surface area contributed by atoms with Gasteiger partial charge >= 0.3 is 6.03 Å². The zero-order chi connectivity index (χ0) is 15.4. The number of methoxy groups -OCH3 is 1. The highest BCUT2D eigenvalue weighted by Crippen LogP contribution is 2.22. The van der Waals surface area contributed by atoms with Crippen molar-refractivity contribution < 1.29 is 13.9 Å². The number of carbonyl (C=O) groups is 1. The van der Waals surface area contributed by atoms with Gasteiger partial charge in [-0.3, -0.25) is 0 Å². The van der Waals surface area contributed by atoms with Gasteiger partial charge in [-0.1, -0.05) is 17.7 Å². The Morgan fingerprint density at radius 1 is 1.14 bits per heavy atom. The van der Waals surface area contributed by atoms with Crippen molar-refractivity contribution in [2.45, 2.75) is 6.92 Å². The molecule has 2 aromatic carbocycles. The van der Waals surface area contributed by atoms with Gasteiger partial charge in [0.25, 0.3) is 0 Å². The fourth-order valence-corrected chi connectivity index (χ4v) is 1.89. The van der Waals surface area contributed by atoms with Gasteiger partial charge in [-0.15, -0.1) is 0 Å². The molecule has 2 amide bonds. The molecule has 2 aromatic rings. The first-order chi connectivity index (χ1) is 9.99. The monoisotopic (exact) mass is 308 g/mol. The molecule has 0 saturated heterocycles. The van der Waals surface area contributed by atoms with Gasteiger partial charge in [0.2, 0.25) is 0 Å². The topological polar surface area (TPSA) is 50.4 Å². The number of benzene rings is 2. The molecule has 0 atom stereocenters. The molecule has 110 valence electrons. The van der Waals surface area contributed by atoms with Crippen molar-refractivity contribution in [3.63, 3.8) is 0 Å². The van der Waals surface area contributed by atoms with Crippen LogP contribution in [0.4, 0.5) is 20.6 Å². The second-order valence-corrected chi connectivity index (χ2v) is 4.80. The zero-order valence-electron chi connectivity index (χ0n) is 11.5. The van der Waals surface area contributed by atoms with Crippen LogP contribution in [0.25, 0.3) is 0 Å². The van der Waals surface area contributed by atoms with Gasteiger partial charge in [-0.25, -0.2) is 9.18 Å². The molecule has 0 heterocycles. The summed E-state index contributed by atoms with van der Waals surface area (Å²) in [4.78, 5) is 11.8. The maximum absolute atomic E-state index is 13.5. The van der Waals surface area contributed by atoms with Crippen LogP contribution in [0, 0.1) is 12.7 Å². The fourth-order valence-electron chi connectivity index (χ4n) is 1.71. The Hall–Kier alpha value is -2.27. The highest BCUT2D eigenvalue weighted by atomic mass is 35.5. The highest BCUT2D eigenvalue weighted by molar-refractivity contribution is 6.31. The smallest absolute Gasteiger partial charge is 0.323 e. The molecule has 0 fully saturated rings. The summed E-state index contributed by atoms with van der Waals surface area (Å²) in [6, 6.07) is 8.85. The van der Waals surface area contributed by atoms with Crippen molar-refractivity contribution in [1.29, 1.82) is 0 Å². The van der Waals surface area contributed by atoms with Crippen molar-refractivity contribution in [3.05, 3.63) is 52.8 Å². The number of ether oxygens (including phenoxy) is 1. The van der Waals surface area contributed by atoms with Gasteiger partial charge in [0, 0.05) is 22.5 Å². The lowest BCUT2D eigenvalue weighted by atomic mass is 10.2. The van der Waals surface area contributed by atoms with Gasteiger partial charge in [0.15, 0.2) is 11.6 Å². The molecule has 6 heteroatoms. The minimum absolute atomic E-state index is 0.117. The van der Waals surface area contributed by atoms with E-state index in [2.05, 4.69) is 10.6 Å². The summed E-state index contributed by atoms with van der Waals surface area (Å²) in [5.41, 5.74) is 1.79. The lowest BCUT2D eigenvalue weighted by molar-refractivity contribution is 0.262. The Bertz CT molecular complexity index is 677. The number of amides is 2. The number of hydrogen-bond acceptors (Lipinski definition) is 2. The Kier molecular flexibility index (Phi) is 4.65. The number of rotatable bonds is 3. The second kappa shape index (κ2) is 6.45. The van der Waals surface area contributed by atoms with E-state index in [1.54, 1.807) is 24.3 Å². The third-order valence-electron chi connectivity index (χ3n) is 2.84. The van der Waals surface area contributed by atoms with E-state index in [1.807, 2.05) is 6.92 Å². The molecule has 0 saturated carbocycles. The Morgan fingerprint density at radius 3 is 2.33 bits per heavy atom. The SMILES string of the molecule is COc1ccc(NC(=O)Nc2ccc(C)c(Cl)c2)cc1F. The van der Waals surface area contributed by atoms with E-state index in [0.29, 0.717) is 16.4 Å². The Labute approximate surface area is 126 Å². The molecule has 0 aliphatic rings. The van der Waals surface area contributed by atoms with Crippen LogP contribution in [0.2, 0.25) is 5.02 Å². The van der Waals surface area contributed by atoms with Crippen LogP contribution in [0.1, 0.15) is 5.56 Å². The van der Waals surface area contributed by atoms with E-state index in [1.165, 1.54) is 19.2 Å². The molecule has 0 aliphatic carbocycles. The van der Waals surface area contributed by atoms with Crippen LogP contribution < -0.4 is 15.4 Å². The van der Waals surface area contributed by atoms with E-state index in [-0.39, 0.29) is 5.75 Å². The average Bonchev–Trinajstić information content (AvgIpc) is 2.43. The maximum atomic E-state index is 13.5. The molecule has 0 unspecified atom stereocenters. The van der Waals surface area contributed by atoms with E-state index in [0.717, 1.165) is 5.56 Å². The first kappa shape index (κ1) is 15.1. The standard InChI is InChI=1S/C15H14ClFN2O2/c1-9-3-4-10(7-12(9)16)18-15(20)19-11-5-6-14(21-2)13(17)8-11/h3-8H,1-2H3,(H2,18,19,20). The summed E-state index contributed by atoms with van der Waals surface area (Å²) in [5.74, 6) is -0.431. The lowest BCUT2D eigenvalue weighted by Crippen LogP contribution is -2.19. The molecule has 2 rings (SSSR count). The Balaban J connectivity index is 2.04. The molecule has 4 nitrogen and oxygen atoms in total. The molecule has 2 N–H and O–H groups in total. The fraction of sp³-hybridized carbons (Fsp3) is 0.133. The average molecular weight is 309 g/mol. The quantitative estimate of drug-likeness (QED) is 0.880. The zero-order valence-corrected chi connectivity index (χ0v) is 12.3. The third kappa shape index (κ3) is 3.86. The molecular weight excluding hydrogens is 295 g/mol. The van der Waals surface area contributed by atoms with E-state index >= 15 is 0 Å². The van der Waals surface area contributed by atoms with Crippen LogP contribution in [0.3, 0.4) is 0 Å². The predicted molar refractivity (Wildman–Crippen MR) is 81.8 cm³/mol. The molecule has 0 radical (unpaired) electrons. The summed E-state index contributed by atoms with van der Waals surface area (Å²) in [6.45, 7) is 1.87. The minimum atomic E-state index is -0.548. The maximum Gasteiger partial charge on any atom is 0.323 e. The summed E-state index contributed by atoms with van der Waals surface area (Å²) >= 11 is 5.98. The molecule has 0 aliphatic heterocycles. The van der Waals surface area contributed by atoms with Crippen molar-refractivity contribution in [2.75, 3.05) is 17.7 Å². The van der Waals surface area contributed by atoms with Gasteiger partial charge in [-0.05, 0) is 36.8 Å². The van der Waals surface area contributed by atoms with E-state index in [4.69, 9.17) is 16.3 Å². The highest BCUT2D eigenvalue weighted by Gasteiger charge is 2.07. The van der Waals surface area contributed by atoms with Gasteiger partial charge < -0.3 is 15.4 Å². The number of hydrogen-bond donors (Lipinski definition) is 2. The van der Waals surface area contributed by atoms with Crippen molar-refractivity contribution in [3.8, 4) is 5.75 Å². The van der Waals surface area contributed by atoms with Gasteiger partial charge in [0.1, 0.15) is 0 Å². The van der Waals surface area contributed by atoms with Gasteiger partial charge in [0.05, 0.1) is 7.11 Å². The normalized spacial score (nSPS) is 10.1. The van der Waals surface area contributed by atoms with Crippen molar-refractivity contribution in [2.24, 2.45) is 0 Å². The molecular formula is C15H14ClFN2O2. The summed E-state index contributed by atoms with van der Waals surface area (Å²) < 4.78 is 18.3. The second-order valence-electron chi connectivity index (χ2n) is 4.39. The minimum Gasteiger partial charge on any atom is -0.494 e. The molecule has 0 spiro atoms. The number of halogens is 2. The summed E-state index contributed by atoms with van der Waals surface area (Å²) in [7, 11) is 1.37. The third-order valence-corrected chi connectivity index (χ3v) is 3.25. The van der Waals surface area contributed by atoms with Crippen LogP contribution in [-0.4, -0.2) is 13.1 Å². The molecule has 0 bridgehead atoms. The summed E-state index contributed by atoms with van der Waals surface area (Å²) in [6.07, 6.45) is 0.